The third-order valence-electron chi connectivity index (χ3n) is 5.64. The van der Waals surface area contributed by atoms with Crippen molar-refractivity contribution in [3.8, 4) is 0 Å². The number of nitrogens with one attached hydrogen (secondary N) is 1. The molecule has 8 nitrogen and oxygen atoms in total. The Hall–Kier alpha value is -2.90. The molecule has 0 bridgehead atoms. The fourth-order valence-corrected chi connectivity index (χ4v) is 4.23. The number of likely N-dealkylation sites (tertiary alicyclic amines) is 1. The van der Waals surface area contributed by atoms with Crippen LogP contribution in [-0.2, 0) is 6.54 Å². The summed E-state index contributed by atoms with van der Waals surface area (Å²) in [7, 11) is 0. The van der Waals surface area contributed by atoms with Crippen LogP contribution in [0.25, 0.3) is 5.65 Å². The summed E-state index contributed by atoms with van der Waals surface area (Å²) in [5, 5.41) is 7.67. The van der Waals surface area contributed by atoms with Crippen LogP contribution in [0.15, 0.2) is 16.9 Å². The summed E-state index contributed by atoms with van der Waals surface area (Å²) in [6.07, 6.45) is 1.89. The Morgan fingerprint density at radius 2 is 2.07 bits per heavy atom. The van der Waals surface area contributed by atoms with Crippen LogP contribution in [0.1, 0.15) is 58.8 Å². The molecule has 0 radical (unpaired) electrons. The lowest BCUT2D eigenvalue weighted by Gasteiger charge is -2.32. The Kier molecular flexibility index (Phi) is 4.56. The summed E-state index contributed by atoms with van der Waals surface area (Å²) < 4.78 is 3.35. The molecule has 0 unspecified atom stereocenters. The first-order valence-corrected chi connectivity index (χ1v) is 9.81. The smallest absolute Gasteiger partial charge is 0.272 e. The SMILES string of the molecule is CCn1nc(C)c(C(=O)N2CCC[C@@H](c3cc4nc(C)cc(=O)n4[nH]3)C2)c1C. The first-order valence-electron chi connectivity index (χ1n) is 9.81. The molecule has 28 heavy (non-hydrogen) atoms. The van der Waals surface area contributed by atoms with Crippen molar-refractivity contribution in [2.24, 2.45) is 0 Å². The van der Waals surface area contributed by atoms with Crippen molar-refractivity contribution in [1.29, 1.82) is 0 Å². The van der Waals surface area contributed by atoms with E-state index in [-0.39, 0.29) is 17.4 Å². The van der Waals surface area contributed by atoms with Gasteiger partial charge in [0.25, 0.3) is 11.5 Å². The Balaban J connectivity index is 1.61. The zero-order valence-corrected chi connectivity index (χ0v) is 16.8. The summed E-state index contributed by atoms with van der Waals surface area (Å²) in [4.78, 5) is 31.7. The Labute approximate surface area is 163 Å². The van der Waals surface area contributed by atoms with Gasteiger partial charge in [0.15, 0.2) is 5.65 Å². The van der Waals surface area contributed by atoms with E-state index in [0.29, 0.717) is 23.4 Å². The minimum Gasteiger partial charge on any atom is -0.338 e. The molecule has 3 aromatic rings. The Bertz CT molecular complexity index is 1110. The van der Waals surface area contributed by atoms with Crippen molar-refractivity contribution in [3.63, 3.8) is 0 Å². The van der Waals surface area contributed by atoms with Gasteiger partial charge in [0.2, 0.25) is 0 Å². The molecule has 8 heteroatoms. The number of aromatic amines is 1. The minimum absolute atomic E-state index is 0.0432. The van der Waals surface area contributed by atoms with E-state index in [1.54, 1.807) is 0 Å². The molecule has 0 saturated carbocycles. The maximum atomic E-state index is 13.2. The van der Waals surface area contributed by atoms with E-state index in [1.165, 1.54) is 10.6 Å². The highest BCUT2D eigenvalue weighted by Gasteiger charge is 2.29. The second-order valence-corrected chi connectivity index (χ2v) is 7.59. The average Bonchev–Trinajstić information content (AvgIpc) is 3.22. The topological polar surface area (TPSA) is 88.3 Å². The van der Waals surface area contributed by atoms with Crippen molar-refractivity contribution in [1.82, 2.24) is 29.3 Å². The molecule has 1 atom stereocenters. The number of aryl methyl sites for hydroxylation is 3. The van der Waals surface area contributed by atoms with Gasteiger partial charge in [-0.05, 0) is 40.5 Å². The number of H-pyrrole nitrogens is 1. The average molecular weight is 382 g/mol. The van der Waals surface area contributed by atoms with Crippen LogP contribution in [0.2, 0.25) is 0 Å². The monoisotopic (exact) mass is 382 g/mol. The summed E-state index contributed by atoms with van der Waals surface area (Å²) in [5.41, 5.74) is 4.58. The largest absolute Gasteiger partial charge is 0.338 e. The van der Waals surface area contributed by atoms with Gasteiger partial charge in [0.1, 0.15) is 0 Å². The highest BCUT2D eigenvalue weighted by molar-refractivity contribution is 5.96. The lowest BCUT2D eigenvalue weighted by Crippen LogP contribution is -2.39. The number of hydrogen-bond donors (Lipinski definition) is 1. The second-order valence-electron chi connectivity index (χ2n) is 7.59. The molecule has 3 aromatic heterocycles. The fraction of sp³-hybridized carbons (Fsp3) is 0.500. The standard InChI is InChI=1S/C20H26N6O2/c1-5-25-14(4)19(13(3)22-25)20(28)24-8-6-7-15(11-24)16-10-17-21-12(2)9-18(27)26(17)23-16/h9-10,15,23H,5-8,11H2,1-4H3/t15-/m1/s1. The van der Waals surface area contributed by atoms with Gasteiger partial charge in [-0.3, -0.25) is 19.4 Å². The van der Waals surface area contributed by atoms with Gasteiger partial charge >= 0.3 is 0 Å². The number of carbonyl (C=O) groups is 1. The molecule has 4 rings (SSSR count). The summed E-state index contributed by atoms with van der Waals surface area (Å²) >= 11 is 0. The van der Waals surface area contributed by atoms with Crippen LogP contribution in [0.4, 0.5) is 0 Å². The van der Waals surface area contributed by atoms with Gasteiger partial charge in [-0.2, -0.15) is 5.10 Å². The van der Waals surface area contributed by atoms with Crippen molar-refractivity contribution >= 4 is 11.6 Å². The zero-order chi connectivity index (χ0) is 20.0. The lowest BCUT2D eigenvalue weighted by atomic mass is 9.94. The number of hydrogen-bond acceptors (Lipinski definition) is 4. The van der Waals surface area contributed by atoms with E-state index in [4.69, 9.17) is 0 Å². The van der Waals surface area contributed by atoms with Gasteiger partial charge in [0, 0.05) is 54.8 Å². The number of carbonyl (C=O) groups excluding carboxylic acids is 1. The number of fused-ring (bicyclic) bond motifs is 1. The van der Waals surface area contributed by atoms with Crippen molar-refractivity contribution in [2.45, 2.75) is 53.0 Å². The summed E-state index contributed by atoms with van der Waals surface area (Å²) in [6, 6.07) is 3.44. The number of nitrogens with zero attached hydrogens (tertiary/aromatic N) is 5. The predicted molar refractivity (Wildman–Crippen MR) is 106 cm³/mol. The van der Waals surface area contributed by atoms with Crippen LogP contribution in [0, 0.1) is 20.8 Å². The van der Waals surface area contributed by atoms with E-state index in [1.807, 2.05) is 43.3 Å². The summed E-state index contributed by atoms with van der Waals surface area (Å²) in [5.74, 6) is 0.197. The molecule has 0 spiro atoms. The molecule has 1 aliphatic rings. The van der Waals surface area contributed by atoms with E-state index in [9.17, 15) is 9.59 Å². The molecule has 1 amide bonds. The quantitative estimate of drug-likeness (QED) is 0.752. The maximum Gasteiger partial charge on any atom is 0.272 e. The van der Waals surface area contributed by atoms with Gasteiger partial charge in [-0.25, -0.2) is 9.50 Å². The van der Waals surface area contributed by atoms with E-state index < -0.39 is 0 Å². The van der Waals surface area contributed by atoms with Crippen LogP contribution >= 0.6 is 0 Å². The molecule has 1 saturated heterocycles. The van der Waals surface area contributed by atoms with Crippen LogP contribution < -0.4 is 5.56 Å². The molecule has 0 aliphatic carbocycles. The number of rotatable bonds is 3. The van der Waals surface area contributed by atoms with Crippen molar-refractivity contribution < 1.29 is 4.79 Å². The molecule has 1 aliphatic heterocycles. The first kappa shape index (κ1) is 18.5. The normalized spacial score (nSPS) is 17.4. The molecule has 148 valence electrons. The molecular weight excluding hydrogens is 356 g/mol. The van der Waals surface area contributed by atoms with Gasteiger partial charge < -0.3 is 4.90 Å². The highest BCUT2D eigenvalue weighted by Crippen LogP contribution is 2.28. The second kappa shape index (κ2) is 6.92. The lowest BCUT2D eigenvalue weighted by molar-refractivity contribution is 0.0704. The van der Waals surface area contributed by atoms with Crippen LogP contribution in [-0.4, -0.2) is 48.3 Å². The highest BCUT2D eigenvalue weighted by atomic mass is 16.2. The summed E-state index contributed by atoms with van der Waals surface area (Å²) in [6.45, 7) is 9.80. The molecule has 1 fully saturated rings. The number of piperidine rings is 1. The Morgan fingerprint density at radius 3 is 2.79 bits per heavy atom. The maximum absolute atomic E-state index is 13.2. The van der Waals surface area contributed by atoms with Gasteiger partial charge in [0.05, 0.1) is 11.3 Å². The van der Waals surface area contributed by atoms with E-state index >= 15 is 0 Å². The third-order valence-corrected chi connectivity index (χ3v) is 5.64. The molecule has 4 heterocycles. The zero-order valence-electron chi connectivity index (χ0n) is 16.8. The fourth-order valence-electron chi connectivity index (χ4n) is 4.23. The minimum atomic E-state index is -0.115. The predicted octanol–water partition coefficient (Wildman–Crippen LogP) is 2.18. The Morgan fingerprint density at radius 1 is 1.29 bits per heavy atom. The molecule has 0 aromatic carbocycles. The van der Waals surface area contributed by atoms with E-state index in [0.717, 1.165) is 43.0 Å². The third kappa shape index (κ3) is 3.02. The molecule has 1 N–H and O–H groups in total. The number of amides is 1. The number of aromatic nitrogens is 5. The van der Waals surface area contributed by atoms with Crippen LogP contribution in [0.3, 0.4) is 0 Å². The van der Waals surface area contributed by atoms with Crippen LogP contribution in [0.5, 0.6) is 0 Å². The van der Waals surface area contributed by atoms with Gasteiger partial charge in [-0.15, -0.1) is 0 Å². The van der Waals surface area contributed by atoms with E-state index in [2.05, 4.69) is 15.2 Å². The van der Waals surface area contributed by atoms with Crippen molar-refractivity contribution in [2.75, 3.05) is 13.1 Å². The molecular formula is C20H26N6O2. The first-order chi connectivity index (χ1) is 13.4. The van der Waals surface area contributed by atoms with Crippen molar-refractivity contribution in [3.05, 3.63) is 50.8 Å². The van der Waals surface area contributed by atoms with Gasteiger partial charge in [-0.1, -0.05) is 0 Å².